The lowest BCUT2D eigenvalue weighted by Crippen LogP contribution is -2.53. The number of rotatable bonds is 8. The average molecular weight is 387 g/mol. The molecule has 0 aromatic heterocycles. The third-order valence-corrected chi connectivity index (χ3v) is 3.87. The molecule has 1 aliphatic heterocycles. The van der Waals surface area contributed by atoms with Gasteiger partial charge in [0.15, 0.2) is 10.8 Å². The lowest BCUT2D eigenvalue weighted by atomic mass is 10.2. The van der Waals surface area contributed by atoms with Crippen LogP contribution in [0.25, 0.3) is 0 Å². The van der Waals surface area contributed by atoms with Gasteiger partial charge in [0.2, 0.25) is 0 Å². The van der Waals surface area contributed by atoms with Crippen LogP contribution in [0.3, 0.4) is 0 Å². The van der Waals surface area contributed by atoms with Gasteiger partial charge in [-0.1, -0.05) is 0 Å². The molecule has 1 N–H and O–H groups in total. The SMILES string of the molecule is CC(C)NC1C([N+](=O)[O-])C(Br)=NN1CCCOS(C)(=O)=O. The Hall–Kier alpha value is -0.780. The first-order valence-electron chi connectivity index (χ1n) is 6.36. The van der Waals surface area contributed by atoms with Crippen LogP contribution in [0, 0.1) is 10.1 Å². The van der Waals surface area contributed by atoms with Crippen molar-refractivity contribution in [2.24, 2.45) is 5.10 Å². The molecule has 11 heteroatoms. The fourth-order valence-electron chi connectivity index (χ4n) is 1.88. The Morgan fingerprint density at radius 1 is 1.57 bits per heavy atom. The van der Waals surface area contributed by atoms with E-state index in [9.17, 15) is 18.5 Å². The van der Waals surface area contributed by atoms with Crippen molar-refractivity contribution in [1.82, 2.24) is 10.3 Å². The van der Waals surface area contributed by atoms with Gasteiger partial charge < -0.3 is 0 Å². The second-order valence-electron chi connectivity index (χ2n) is 4.96. The van der Waals surface area contributed by atoms with Gasteiger partial charge in [0.1, 0.15) is 0 Å². The van der Waals surface area contributed by atoms with Crippen LogP contribution < -0.4 is 5.32 Å². The summed E-state index contributed by atoms with van der Waals surface area (Å²) in [6.07, 6.45) is 0.786. The molecule has 122 valence electrons. The second-order valence-corrected chi connectivity index (χ2v) is 7.42. The van der Waals surface area contributed by atoms with E-state index < -0.39 is 27.2 Å². The molecule has 0 bridgehead atoms. The molecule has 21 heavy (non-hydrogen) atoms. The van der Waals surface area contributed by atoms with Gasteiger partial charge in [0.05, 0.1) is 12.9 Å². The van der Waals surface area contributed by atoms with Gasteiger partial charge in [0, 0.05) is 17.5 Å². The highest BCUT2D eigenvalue weighted by atomic mass is 79.9. The van der Waals surface area contributed by atoms with Crippen LogP contribution in [-0.4, -0.2) is 60.6 Å². The van der Waals surface area contributed by atoms with Gasteiger partial charge in [-0.25, -0.2) is 0 Å². The summed E-state index contributed by atoms with van der Waals surface area (Å²) < 4.78 is 26.6. The van der Waals surface area contributed by atoms with E-state index in [4.69, 9.17) is 0 Å². The Balaban J connectivity index is 2.64. The monoisotopic (exact) mass is 386 g/mol. The maximum Gasteiger partial charge on any atom is 0.297 e. The largest absolute Gasteiger partial charge is 0.297 e. The highest BCUT2D eigenvalue weighted by molar-refractivity contribution is 9.18. The first-order valence-corrected chi connectivity index (χ1v) is 8.97. The standard InChI is InChI=1S/C10H19BrN4O5S/c1-7(2)12-10-8(15(16)17)9(11)13-14(10)5-4-6-20-21(3,18)19/h7-8,10,12H,4-6H2,1-3H3. The number of nitro groups is 1. The van der Waals surface area contributed by atoms with Crippen molar-refractivity contribution in [1.29, 1.82) is 0 Å². The molecule has 0 aliphatic carbocycles. The lowest BCUT2D eigenvalue weighted by molar-refractivity contribution is -0.508. The van der Waals surface area contributed by atoms with Crippen molar-refractivity contribution in [3.63, 3.8) is 0 Å². The van der Waals surface area contributed by atoms with Gasteiger partial charge in [0.25, 0.3) is 16.2 Å². The number of nitrogens with one attached hydrogen (secondary N) is 1. The Morgan fingerprint density at radius 3 is 2.67 bits per heavy atom. The van der Waals surface area contributed by atoms with Crippen molar-refractivity contribution < 1.29 is 17.5 Å². The summed E-state index contributed by atoms with van der Waals surface area (Å²) in [5.74, 6) is 0. The smallest absolute Gasteiger partial charge is 0.288 e. The van der Waals surface area contributed by atoms with E-state index >= 15 is 0 Å². The summed E-state index contributed by atoms with van der Waals surface area (Å²) >= 11 is 3.12. The van der Waals surface area contributed by atoms with E-state index in [1.165, 1.54) is 0 Å². The lowest BCUT2D eigenvalue weighted by Gasteiger charge is -2.26. The molecule has 0 spiro atoms. The zero-order valence-corrected chi connectivity index (χ0v) is 14.4. The normalized spacial score (nSPS) is 22.7. The zero-order chi connectivity index (χ0) is 16.2. The zero-order valence-electron chi connectivity index (χ0n) is 12.0. The van der Waals surface area contributed by atoms with Gasteiger partial charge in [-0.2, -0.15) is 13.5 Å². The van der Waals surface area contributed by atoms with Crippen LogP contribution >= 0.6 is 15.9 Å². The molecule has 1 heterocycles. The highest BCUT2D eigenvalue weighted by Gasteiger charge is 2.45. The molecular weight excluding hydrogens is 368 g/mol. The number of hydrogen-bond donors (Lipinski definition) is 1. The van der Waals surface area contributed by atoms with Crippen molar-refractivity contribution >= 4 is 30.7 Å². The average Bonchev–Trinajstić information content (AvgIpc) is 2.59. The molecule has 0 amide bonds. The molecule has 9 nitrogen and oxygen atoms in total. The minimum absolute atomic E-state index is 0.0139. The molecule has 0 aromatic rings. The molecule has 0 radical (unpaired) electrons. The summed E-state index contributed by atoms with van der Waals surface area (Å²) in [4.78, 5) is 10.7. The molecule has 1 aliphatic rings. The molecule has 1 rings (SSSR count). The number of hydrogen-bond acceptors (Lipinski definition) is 8. The van der Waals surface area contributed by atoms with Gasteiger partial charge in [-0.05, 0) is 36.2 Å². The fraction of sp³-hybridized carbons (Fsp3) is 0.900. The number of hydrazone groups is 1. The van der Waals surface area contributed by atoms with Crippen LogP contribution in [0.5, 0.6) is 0 Å². The summed E-state index contributed by atoms with van der Waals surface area (Å²) in [5.41, 5.74) is 0. The first-order chi connectivity index (χ1) is 9.61. The van der Waals surface area contributed by atoms with Gasteiger partial charge in [-0.3, -0.25) is 24.6 Å². The van der Waals surface area contributed by atoms with Crippen molar-refractivity contribution in [2.45, 2.75) is 38.5 Å². The van der Waals surface area contributed by atoms with Crippen LogP contribution in [0.1, 0.15) is 20.3 Å². The quantitative estimate of drug-likeness (QED) is 0.277. The third kappa shape index (κ3) is 5.85. The summed E-state index contributed by atoms with van der Waals surface area (Å²) in [7, 11) is -3.47. The summed E-state index contributed by atoms with van der Waals surface area (Å²) in [6.45, 7) is 4.13. The Kier molecular flexibility index (Phi) is 6.50. The predicted molar refractivity (Wildman–Crippen MR) is 81.3 cm³/mol. The minimum Gasteiger partial charge on any atom is -0.288 e. The first kappa shape index (κ1) is 18.3. The van der Waals surface area contributed by atoms with Crippen LogP contribution in [-0.2, 0) is 14.3 Å². The van der Waals surface area contributed by atoms with Crippen LogP contribution in [0.2, 0.25) is 0 Å². The Morgan fingerprint density at radius 2 is 2.19 bits per heavy atom. The molecule has 2 atom stereocenters. The maximum absolute atomic E-state index is 11.1. The molecule has 2 unspecified atom stereocenters. The third-order valence-electron chi connectivity index (χ3n) is 2.65. The summed E-state index contributed by atoms with van der Waals surface area (Å²) in [5, 5.41) is 19.9. The second kappa shape index (κ2) is 7.47. The van der Waals surface area contributed by atoms with Crippen molar-refractivity contribution in [3.8, 4) is 0 Å². The summed E-state index contributed by atoms with van der Waals surface area (Å²) in [6, 6.07) is -0.941. The number of halogens is 1. The van der Waals surface area contributed by atoms with Gasteiger partial charge in [-0.15, -0.1) is 0 Å². The molecule has 0 saturated carbocycles. The predicted octanol–water partition coefficient (Wildman–Crippen LogP) is 0.346. The Bertz CT molecular complexity index is 510. The maximum atomic E-state index is 11.1. The minimum atomic E-state index is -3.47. The van der Waals surface area contributed by atoms with Crippen LogP contribution in [0.4, 0.5) is 0 Å². The van der Waals surface area contributed by atoms with E-state index in [2.05, 4.69) is 30.5 Å². The van der Waals surface area contributed by atoms with E-state index in [1.807, 2.05) is 13.8 Å². The molecule has 0 aromatic carbocycles. The van der Waals surface area contributed by atoms with E-state index in [1.54, 1.807) is 5.01 Å². The van der Waals surface area contributed by atoms with E-state index in [-0.39, 0.29) is 17.3 Å². The topological polar surface area (TPSA) is 114 Å². The fourth-order valence-corrected chi connectivity index (χ4v) is 2.93. The van der Waals surface area contributed by atoms with Gasteiger partial charge >= 0.3 is 0 Å². The van der Waals surface area contributed by atoms with Crippen molar-refractivity contribution in [3.05, 3.63) is 10.1 Å². The van der Waals surface area contributed by atoms with E-state index in [0.717, 1.165) is 6.26 Å². The molecular formula is C10H19BrN4O5S. The van der Waals surface area contributed by atoms with Crippen LogP contribution in [0.15, 0.2) is 5.10 Å². The molecule has 0 saturated heterocycles. The Labute approximate surface area is 132 Å². The van der Waals surface area contributed by atoms with Crippen molar-refractivity contribution in [2.75, 3.05) is 19.4 Å². The van der Waals surface area contributed by atoms with E-state index in [0.29, 0.717) is 13.0 Å². The molecule has 0 fully saturated rings. The highest BCUT2D eigenvalue weighted by Crippen LogP contribution is 2.21. The number of nitrogens with zero attached hydrogens (tertiary/aromatic N) is 3.